The van der Waals surface area contributed by atoms with Crippen molar-refractivity contribution in [1.29, 1.82) is 0 Å². The first-order chi connectivity index (χ1) is 13.6. The van der Waals surface area contributed by atoms with Gasteiger partial charge in [-0.1, -0.05) is 43.1 Å². The molecule has 0 aliphatic carbocycles. The average molecular weight is 436 g/mol. The number of carboxylic acids is 1. The number of nitrogens with two attached hydrogens (primary N) is 1. The molecule has 0 radical (unpaired) electrons. The molecule has 3 rings (SSSR count). The monoisotopic (exact) mass is 435 g/mol. The van der Waals surface area contributed by atoms with Gasteiger partial charge >= 0.3 is 5.97 Å². The number of carboxylic acid groups (broad SMARTS) is 1. The quantitative estimate of drug-likeness (QED) is 0.503. The summed E-state index contributed by atoms with van der Waals surface area (Å²) in [5, 5.41) is 17.2. The molecule has 8 nitrogen and oxygen atoms in total. The van der Waals surface area contributed by atoms with Crippen LogP contribution in [0.1, 0.15) is 41.5 Å². The Bertz CT molecular complexity index is 1130. The van der Waals surface area contributed by atoms with Crippen LogP contribution < -0.4 is 11.1 Å². The van der Waals surface area contributed by atoms with Crippen LogP contribution in [0.25, 0.3) is 16.8 Å². The van der Waals surface area contributed by atoms with Crippen LogP contribution in [0.5, 0.6) is 0 Å². The maximum atomic E-state index is 11.5. The SMILES string of the molecule is CC(C)[C@@H](C)Nc1c(-c2ccc(C(N)=O)cc2Cl)c(Cl)nc2c(C(=O)O)cnn12. The van der Waals surface area contributed by atoms with Crippen molar-refractivity contribution in [3.8, 4) is 11.1 Å². The molecule has 152 valence electrons. The number of hydrogen-bond acceptors (Lipinski definition) is 5. The third-order valence-electron chi connectivity index (χ3n) is 4.72. The molecule has 29 heavy (non-hydrogen) atoms. The lowest BCUT2D eigenvalue weighted by atomic mass is 10.0. The summed E-state index contributed by atoms with van der Waals surface area (Å²) in [5.74, 6) is -1.07. The minimum Gasteiger partial charge on any atom is -0.477 e. The third-order valence-corrected chi connectivity index (χ3v) is 5.31. The molecule has 0 aliphatic rings. The van der Waals surface area contributed by atoms with Gasteiger partial charge in [0.05, 0.1) is 11.8 Å². The lowest BCUT2D eigenvalue weighted by molar-refractivity contribution is 0.0698. The number of primary amides is 1. The summed E-state index contributed by atoms with van der Waals surface area (Å²) in [7, 11) is 0. The van der Waals surface area contributed by atoms with E-state index in [0.717, 1.165) is 0 Å². The predicted octanol–water partition coefficient (Wildman–Crippen LogP) is 3.96. The summed E-state index contributed by atoms with van der Waals surface area (Å²) in [6, 6.07) is 4.59. The first-order valence-corrected chi connectivity index (χ1v) is 9.54. The third kappa shape index (κ3) is 3.86. The van der Waals surface area contributed by atoms with Crippen molar-refractivity contribution < 1.29 is 14.7 Å². The maximum Gasteiger partial charge on any atom is 0.341 e. The number of carbonyl (C=O) groups excluding carboxylic acids is 1. The largest absolute Gasteiger partial charge is 0.477 e. The van der Waals surface area contributed by atoms with Crippen LogP contribution in [0.3, 0.4) is 0 Å². The van der Waals surface area contributed by atoms with Crippen molar-refractivity contribution in [1.82, 2.24) is 14.6 Å². The van der Waals surface area contributed by atoms with E-state index >= 15 is 0 Å². The Kier molecular flexibility index (Phi) is 5.68. The van der Waals surface area contributed by atoms with Gasteiger partial charge in [0, 0.05) is 22.2 Å². The van der Waals surface area contributed by atoms with E-state index in [4.69, 9.17) is 28.9 Å². The highest BCUT2D eigenvalue weighted by molar-refractivity contribution is 6.37. The lowest BCUT2D eigenvalue weighted by Gasteiger charge is -2.22. The number of fused-ring (bicyclic) bond motifs is 1. The molecule has 2 heterocycles. The summed E-state index contributed by atoms with van der Waals surface area (Å²) in [6.07, 6.45) is 1.22. The van der Waals surface area contributed by atoms with Gasteiger partial charge in [-0.2, -0.15) is 9.61 Å². The molecule has 0 bridgehead atoms. The van der Waals surface area contributed by atoms with E-state index in [-0.39, 0.29) is 38.9 Å². The smallest absolute Gasteiger partial charge is 0.341 e. The lowest BCUT2D eigenvalue weighted by Crippen LogP contribution is -2.24. The first kappa shape index (κ1) is 20.9. The normalized spacial score (nSPS) is 12.3. The molecule has 4 N–H and O–H groups in total. The van der Waals surface area contributed by atoms with Crippen LogP contribution in [0.4, 0.5) is 5.82 Å². The highest BCUT2D eigenvalue weighted by Gasteiger charge is 2.24. The molecule has 0 saturated carbocycles. The number of benzene rings is 1. The van der Waals surface area contributed by atoms with Crippen LogP contribution in [0.2, 0.25) is 10.2 Å². The molecular formula is C19H19Cl2N5O3. The summed E-state index contributed by atoms with van der Waals surface area (Å²) < 4.78 is 1.39. The van der Waals surface area contributed by atoms with E-state index in [0.29, 0.717) is 16.9 Å². The van der Waals surface area contributed by atoms with Crippen LogP contribution >= 0.6 is 23.2 Å². The molecule has 1 aromatic carbocycles. The topological polar surface area (TPSA) is 123 Å². The Hall–Kier alpha value is -2.84. The van der Waals surface area contributed by atoms with Crippen molar-refractivity contribution in [3.05, 3.63) is 45.7 Å². The van der Waals surface area contributed by atoms with Gasteiger partial charge < -0.3 is 16.2 Å². The van der Waals surface area contributed by atoms with Gasteiger partial charge in [-0.3, -0.25) is 4.79 Å². The number of amides is 1. The van der Waals surface area contributed by atoms with Crippen molar-refractivity contribution in [2.45, 2.75) is 26.8 Å². The number of anilines is 1. The highest BCUT2D eigenvalue weighted by atomic mass is 35.5. The van der Waals surface area contributed by atoms with Gasteiger partial charge in [-0.15, -0.1) is 0 Å². The molecule has 2 aromatic heterocycles. The summed E-state index contributed by atoms with van der Waals surface area (Å²) >= 11 is 12.9. The van der Waals surface area contributed by atoms with Crippen LogP contribution in [0, 0.1) is 5.92 Å². The van der Waals surface area contributed by atoms with Crippen LogP contribution in [-0.4, -0.2) is 37.6 Å². The molecule has 0 spiro atoms. The number of nitrogens with zero attached hydrogens (tertiary/aromatic N) is 3. The molecule has 1 amide bonds. The summed E-state index contributed by atoms with van der Waals surface area (Å²) in [5.41, 5.74) is 6.54. The summed E-state index contributed by atoms with van der Waals surface area (Å²) in [4.78, 5) is 27.2. The maximum absolute atomic E-state index is 11.5. The van der Waals surface area contributed by atoms with Gasteiger partial charge in [0.1, 0.15) is 16.5 Å². The zero-order chi connectivity index (χ0) is 21.5. The fourth-order valence-electron chi connectivity index (χ4n) is 2.74. The second kappa shape index (κ2) is 7.88. The zero-order valence-electron chi connectivity index (χ0n) is 15.9. The fourth-order valence-corrected chi connectivity index (χ4v) is 3.29. The molecule has 10 heteroatoms. The second-order valence-electron chi connectivity index (χ2n) is 6.96. The van der Waals surface area contributed by atoms with Crippen LogP contribution in [0.15, 0.2) is 24.4 Å². The van der Waals surface area contributed by atoms with Gasteiger partial charge in [0.25, 0.3) is 0 Å². The van der Waals surface area contributed by atoms with Crippen molar-refractivity contribution in [2.75, 3.05) is 5.32 Å². The number of hydrogen-bond donors (Lipinski definition) is 3. The number of nitrogens with one attached hydrogen (secondary N) is 1. The molecule has 1 atom stereocenters. The van der Waals surface area contributed by atoms with Gasteiger partial charge in [0.15, 0.2) is 5.65 Å². The number of aromatic carboxylic acids is 1. The predicted molar refractivity (Wildman–Crippen MR) is 112 cm³/mol. The Balaban J connectivity index is 2.32. The van der Waals surface area contributed by atoms with E-state index < -0.39 is 11.9 Å². The van der Waals surface area contributed by atoms with Crippen LogP contribution in [-0.2, 0) is 0 Å². The van der Waals surface area contributed by atoms with Gasteiger partial charge in [0.2, 0.25) is 5.91 Å². The van der Waals surface area contributed by atoms with Gasteiger partial charge in [-0.05, 0) is 25.0 Å². The van der Waals surface area contributed by atoms with Crippen molar-refractivity contribution >= 4 is 46.5 Å². The van der Waals surface area contributed by atoms with E-state index in [1.54, 1.807) is 6.07 Å². The summed E-state index contributed by atoms with van der Waals surface area (Å²) in [6.45, 7) is 6.06. The van der Waals surface area contributed by atoms with Gasteiger partial charge in [-0.25, -0.2) is 9.78 Å². The Labute approximate surface area is 176 Å². The number of carbonyl (C=O) groups is 2. The molecule has 3 aromatic rings. The van der Waals surface area contributed by atoms with E-state index in [9.17, 15) is 14.7 Å². The number of rotatable bonds is 6. The molecular weight excluding hydrogens is 417 g/mol. The minimum atomic E-state index is -1.16. The highest BCUT2D eigenvalue weighted by Crippen LogP contribution is 2.39. The Morgan fingerprint density at radius 2 is 1.93 bits per heavy atom. The second-order valence-corrected chi connectivity index (χ2v) is 7.73. The Morgan fingerprint density at radius 3 is 2.48 bits per heavy atom. The van der Waals surface area contributed by atoms with E-state index in [1.165, 1.54) is 22.8 Å². The first-order valence-electron chi connectivity index (χ1n) is 8.78. The standard InChI is InChI=1S/C19H19Cl2N5O3/c1-8(2)9(3)24-18-14(11-5-4-10(16(22)27)6-13(11)20)15(21)25-17-12(19(28)29)7-23-26(17)18/h4-9,24H,1-3H3,(H2,22,27)(H,28,29)/t9-/m1/s1. The molecule has 0 saturated heterocycles. The van der Waals surface area contributed by atoms with E-state index in [1.807, 2.05) is 20.8 Å². The fraction of sp³-hybridized carbons (Fsp3) is 0.263. The molecule has 0 unspecified atom stereocenters. The van der Waals surface area contributed by atoms with Crippen molar-refractivity contribution in [2.24, 2.45) is 11.7 Å². The Morgan fingerprint density at radius 1 is 1.24 bits per heavy atom. The van der Waals surface area contributed by atoms with E-state index in [2.05, 4.69) is 15.4 Å². The van der Waals surface area contributed by atoms with Crippen molar-refractivity contribution in [3.63, 3.8) is 0 Å². The molecule has 0 aliphatic heterocycles. The average Bonchev–Trinajstić information content (AvgIpc) is 3.06. The zero-order valence-corrected chi connectivity index (χ0v) is 17.4. The number of aromatic nitrogens is 3. The number of halogens is 2. The minimum absolute atomic E-state index is 0.00318. The molecule has 0 fully saturated rings.